The maximum Gasteiger partial charge on any atom is 0.332 e. The van der Waals surface area contributed by atoms with E-state index in [1.807, 2.05) is 12.1 Å². The molecule has 0 N–H and O–H groups in total. The molecule has 0 atom stereocenters. The maximum atomic E-state index is 13.2. The number of benzene rings is 1. The van der Waals surface area contributed by atoms with Crippen LogP contribution in [0.1, 0.15) is 17.3 Å². The fourth-order valence-corrected chi connectivity index (χ4v) is 3.82. The van der Waals surface area contributed by atoms with Crippen molar-refractivity contribution in [2.45, 2.75) is 20.0 Å². The van der Waals surface area contributed by atoms with E-state index in [9.17, 15) is 14.4 Å². The first-order valence-electron chi connectivity index (χ1n) is 9.06. The monoisotopic (exact) mass is 465 g/mol. The average Bonchev–Trinajstić information content (AvgIpc) is 3.09. The van der Waals surface area contributed by atoms with Crippen LogP contribution in [0.3, 0.4) is 0 Å². The van der Waals surface area contributed by atoms with Gasteiger partial charge in [-0.25, -0.2) is 9.78 Å². The normalized spacial score (nSPS) is 10.9. The highest BCUT2D eigenvalue weighted by atomic mass is 79.9. The zero-order chi connectivity index (χ0) is 21.4. The topological polar surface area (TPSA) is 91.8 Å². The second kappa shape index (κ2) is 7.72. The van der Waals surface area contributed by atoms with E-state index in [4.69, 9.17) is 0 Å². The highest BCUT2D eigenvalue weighted by Gasteiger charge is 2.21. The Kier molecular flexibility index (Phi) is 5.10. The van der Waals surface area contributed by atoms with Gasteiger partial charge in [0.2, 0.25) is 0 Å². The van der Waals surface area contributed by atoms with Crippen LogP contribution in [-0.2, 0) is 20.1 Å². The molecule has 0 saturated heterocycles. The highest BCUT2D eigenvalue weighted by molar-refractivity contribution is 9.10. The zero-order valence-corrected chi connectivity index (χ0v) is 17.8. The van der Waals surface area contributed by atoms with Gasteiger partial charge in [0.05, 0.1) is 18.6 Å². The Morgan fingerprint density at radius 1 is 1.17 bits per heavy atom. The van der Waals surface area contributed by atoms with Crippen LogP contribution < -0.4 is 11.2 Å². The number of hydrogen-bond donors (Lipinski definition) is 0. The van der Waals surface area contributed by atoms with Crippen LogP contribution in [0, 0.1) is 11.8 Å². The molecule has 0 aliphatic rings. The molecule has 0 amide bonds. The quantitative estimate of drug-likeness (QED) is 0.261. The van der Waals surface area contributed by atoms with E-state index in [1.54, 1.807) is 35.9 Å². The Labute approximate surface area is 178 Å². The third kappa shape index (κ3) is 3.15. The summed E-state index contributed by atoms with van der Waals surface area (Å²) >= 11 is 3.32. The van der Waals surface area contributed by atoms with Gasteiger partial charge < -0.3 is 4.57 Å². The standard InChI is InChI=1S/C21H16BrN5O3/c1-3-4-11-26-17-18(24-20(26)22)25(2)21(30)27(19(17)29)12-15(28)14-9-5-7-13-8-6-10-23-16(13)14/h5-10H,11-12H2,1-2H3. The predicted octanol–water partition coefficient (Wildman–Crippen LogP) is 2.11. The summed E-state index contributed by atoms with van der Waals surface area (Å²) in [6, 6.07) is 8.87. The molecule has 4 aromatic rings. The van der Waals surface area contributed by atoms with Crippen molar-refractivity contribution in [3.8, 4) is 11.8 Å². The number of Topliss-reactive ketones (excluding diaryl/α,β-unsaturated/α-hetero) is 1. The summed E-state index contributed by atoms with van der Waals surface area (Å²) in [4.78, 5) is 47.6. The Morgan fingerprint density at radius 2 is 1.93 bits per heavy atom. The molecule has 9 heteroatoms. The van der Waals surface area contributed by atoms with E-state index in [-0.39, 0.29) is 23.5 Å². The Balaban J connectivity index is 1.88. The molecule has 3 aromatic heterocycles. The molecule has 0 unspecified atom stereocenters. The minimum atomic E-state index is -0.618. The predicted molar refractivity (Wildman–Crippen MR) is 116 cm³/mol. The summed E-state index contributed by atoms with van der Waals surface area (Å²) in [5, 5.41) is 0.805. The van der Waals surface area contributed by atoms with Crippen LogP contribution in [0.15, 0.2) is 50.9 Å². The lowest BCUT2D eigenvalue weighted by Gasteiger charge is -2.09. The van der Waals surface area contributed by atoms with Crippen molar-refractivity contribution >= 4 is 43.8 Å². The molecule has 0 fully saturated rings. The van der Waals surface area contributed by atoms with E-state index < -0.39 is 17.8 Å². The third-order valence-electron chi connectivity index (χ3n) is 4.83. The summed E-state index contributed by atoms with van der Waals surface area (Å²) in [6.45, 7) is 1.51. The van der Waals surface area contributed by atoms with Crippen molar-refractivity contribution in [1.82, 2.24) is 23.7 Å². The summed E-state index contributed by atoms with van der Waals surface area (Å²) in [5.74, 6) is 5.28. The lowest BCUT2D eigenvalue weighted by molar-refractivity contribution is 0.0970. The Morgan fingerprint density at radius 3 is 2.70 bits per heavy atom. The minimum absolute atomic E-state index is 0.204. The number of ketones is 1. The number of pyridine rings is 1. The molecule has 8 nitrogen and oxygen atoms in total. The van der Waals surface area contributed by atoms with Gasteiger partial charge in [0.1, 0.15) is 0 Å². The SMILES string of the molecule is CC#CCn1c(Br)nc2c1c(=O)n(CC(=O)c1cccc3cccnc13)c(=O)n2C. The van der Waals surface area contributed by atoms with Gasteiger partial charge >= 0.3 is 5.69 Å². The largest absolute Gasteiger partial charge is 0.332 e. The number of nitrogens with zero attached hydrogens (tertiary/aromatic N) is 5. The van der Waals surface area contributed by atoms with Crippen molar-refractivity contribution in [2.24, 2.45) is 7.05 Å². The van der Waals surface area contributed by atoms with Gasteiger partial charge in [0.15, 0.2) is 21.7 Å². The smallest absolute Gasteiger partial charge is 0.301 e. The number of aromatic nitrogens is 5. The fraction of sp³-hybridized carbons (Fsp3) is 0.190. The molecular formula is C21H16BrN5O3. The summed E-state index contributed by atoms with van der Waals surface area (Å²) in [7, 11) is 1.51. The number of para-hydroxylation sites is 1. The van der Waals surface area contributed by atoms with Gasteiger partial charge in [-0.15, -0.1) is 5.92 Å². The Bertz CT molecular complexity index is 1500. The average molecular weight is 466 g/mol. The van der Waals surface area contributed by atoms with Gasteiger partial charge in [-0.3, -0.25) is 23.7 Å². The zero-order valence-electron chi connectivity index (χ0n) is 16.2. The molecule has 0 spiro atoms. The Hall–Kier alpha value is -3.51. The minimum Gasteiger partial charge on any atom is -0.301 e. The molecule has 30 heavy (non-hydrogen) atoms. The first-order valence-corrected chi connectivity index (χ1v) is 9.85. The molecular weight excluding hydrogens is 450 g/mol. The number of imidazole rings is 1. The van der Waals surface area contributed by atoms with Gasteiger partial charge in [-0.05, 0) is 35.0 Å². The van der Waals surface area contributed by atoms with Gasteiger partial charge in [-0.1, -0.05) is 24.1 Å². The first kappa shape index (κ1) is 19.8. The second-order valence-corrected chi connectivity index (χ2v) is 7.31. The van der Waals surface area contributed by atoms with Crippen LogP contribution in [0.5, 0.6) is 0 Å². The van der Waals surface area contributed by atoms with Crippen LogP contribution in [-0.4, -0.2) is 29.5 Å². The number of rotatable bonds is 4. The van der Waals surface area contributed by atoms with Gasteiger partial charge in [-0.2, -0.15) is 0 Å². The van der Waals surface area contributed by atoms with Crippen molar-refractivity contribution < 1.29 is 4.79 Å². The number of aryl methyl sites for hydroxylation is 1. The molecule has 0 aliphatic heterocycles. The number of fused-ring (bicyclic) bond motifs is 2. The lowest BCUT2D eigenvalue weighted by Crippen LogP contribution is -2.41. The lowest BCUT2D eigenvalue weighted by atomic mass is 10.1. The van der Waals surface area contributed by atoms with Crippen molar-refractivity contribution in [3.63, 3.8) is 0 Å². The summed E-state index contributed by atoms with van der Waals surface area (Å²) in [5.41, 5.74) is 0.107. The van der Waals surface area contributed by atoms with Gasteiger partial charge in [0.25, 0.3) is 5.56 Å². The summed E-state index contributed by atoms with van der Waals surface area (Å²) in [6.07, 6.45) is 1.60. The molecule has 0 bridgehead atoms. The van der Waals surface area contributed by atoms with E-state index >= 15 is 0 Å². The van der Waals surface area contributed by atoms with Crippen LogP contribution >= 0.6 is 15.9 Å². The summed E-state index contributed by atoms with van der Waals surface area (Å²) < 4.78 is 4.14. The van der Waals surface area contributed by atoms with Crippen molar-refractivity contribution in [2.75, 3.05) is 0 Å². The molecule has 0 radical (unpaired) electrons. The van der Waals surface area contributed by atoms with Crippen molar-refractivity contribution in [1.29, 1.82) is 0 Å². The number of halogens is 1. The fourth-order valence-electron chi connectivity index (χ4n) is 3.34. The highest BCUT2D eigenvalue weighted by Crippen LogP contribution is 2.18. The first-order chi connectivity index (χ1) is 14.4. The van der Waals surface area contributed by atoms with Crippen molar-refractivity contribution in [3.05, 3.63) is 67.7 Å². The molecule has 3 heterocycles. The number of carbonyl (C=O) groups excluding carboxylic acids is 1. The molecule has 4 rings (SSSR count). The maximum absolute atomic E-state index is 13.2. The van der Waals surface area contributed by atoms with E-state index in [1.165, 1.54) is 11.6 Å². The second-order valence-electron chi connectivity index (χ2n) is 6.60. The molecule has 150 valence electrons. The molecule has 1 aromatic carbocycles. The van der Waals surface area contributed by atoms with Crippen LogP contribution in [0.25, 0.3) is 22.1 Å². The third-order valence-corrected chi connectivity index (χ3v) is 5.44. The van der Waals surface area contributed by atoms with E-state index in [0.717, 1.165) is 9.95 Å². The van der Waals surface area contributed by atoms with Crippen LogP contribution in [0.4, 0.5) is 0 Å². The number of hydrogen-bond acceptors (Lipinski definition) is 5. The van der Waals surface area contributed by atoms with E-state index in [2.05, 4.69) is 37.7 Å². The number of carbonyl (C=O) groups is 1. The van der Waals surface area contributed by atoms with E-state index in [0.29, 0.717) is 15.8 Å². The molecule has 0 saturated carbocycles. The van der Waals surface area contributed by atoms with Gasteiger partial charge in [0, 0.05) is 24.2 Å². The van der Waals surface area contributed by atoms with Crippen LogP contribution in [0.2, 0.25) is 0 Å². The molecule has 0 aliphatic carbocycles.